The normalized spacial score (nSPS) is 12.3. The number of nitrogens with two attached hydrogens (primary N) is 1. The second-order valence-corrected chi connectivity index (χ2v) is 3.46. The lowest BCUT2D eigenvalue weighted by atomic mass is 10.0. The van der Waals surface area contributed by atoms with Crippen LogP contribution in [0.5, 0.6) is 0 Å². The first-order valence-electron chi connectivity index (χ1n) is 4.32. The first kappa shape index (κ1) is 11.9. The van der Waals surface area contributed by atoms with Gasteiger partial charge in [0.2, 0.25) is 0 Å². The molecule has 0 amide bonds. The summed E-state index contributed by atoms with van der Waals surface area (Å²) in [4.78, 5) is 11.0. The Morgan fingerprint density at radius 3 is 2.93 bits per heavy atom. The standard InChI is InChI=1S/C10H11ClFNO2/c1-15-10(14)5-9(13)7-4-6(12)2-3-8(7)11/h2-4,9H,5,13H2,1H3/t9-/m0/s1. The van der Waals surface area contributed by atoms with Gasteiger partial charge in [-0.1, -0.05) is 11.6 Å². The Morgan fingerprint density at radius 2 is 2.33 bits per heavy atom. The van der Waals surface area contributed by atoms with E-state index in [9.17, 15) is 9.18 Å². The number of esters is 1. The molecule has 0 aliphatic carbocycles. The number of ether oxygens (including phenoxy) is 1. The van der Waals surface area contributed by atoms with Crippen LogP contribution in [0.3, 0.4) is 0 Å². The zero-order valence-electron chi connectivity index (χ0n) is 8.17. The summed E-state index contributed by atoms with van der Waals surface area (Å²) in [5, 5.41) is 0.341. The first-order valence-corrected chi connectivity index (χ1v) is 4.69. The number of benzene rings is 1. The van der Waals surface area contributed by atoms with Crippen LogP contribution < -0.4 is 5.73 Å². The molecule has 0 saturated heterocycles. The second kappa shape index (κ2) is 5.09. The van der Waals surface area contributed by atoms with Crippen LogP contribution in [0.25, 0.3) is 0 Å². The van der Waals surface area contributed by atoms with E-state index in [4.69, 9.17) is 17.3 Å². The smallest absolute Gasteiger partial charge is 0.307 e. The molecular weight excluding hydrogens is 221 g/mol. The molecule has 0 unspecified atom stereocenters. The molecule has 0 aliphatic rings. The fourth-order valence-electron chi connectivity index (χ4n) is 1.17. The third-order valence-corrected chi connectivity index (χ3v) is 2.32. The van der Waals surface area contributed by atoms with Crippen LogP contribution in [0.4, 0.5) is 4.39 Å². The molecule has 0 aliphatic heterocycles. The van der Waals surface area contributed by atoms with E-state index in [2.05, 4.69) is 4.74 Å². The molecule has 82 valence electrons. The fourth-order valence-corrected chi connectivity index (χ4v) is 1.43. The van der Waals surface area contributed by atoms with Crippen molar-refractivity contribution in [1.82, 2.24) is 0 Å². The van der Waals surface area contributed by atoms with Crippen LogP contribution >= 0.6 is 11.6 Å². The van der Waals surface area contributed by atoms with E-state index in [0.29, 0.717) is 10.6 Å². The Kier molecular flexibility index (Phi) is 4.05. The van der Waals surface area contributed by atoms with Gasteiger partial charge in [-0.3, -0.25) is 4.79 Å². The zero-order chi connectivity index (χ0) is 11.4. The summed E-state index contributed by atoms with van der Waals surface area (Å²) in [6.45, 7) is 0. The summed E-state index contributed by atoms with van der Waals surface area (Å²) in [5.74, 6) is -0.891. The molecular formula is C10H11ClFNO2. The monoisotopic (exact) mass is 231 g/mol. The topological polar surface area (TPSA) is 52.3 Å². The molecule has 0 fully saturated rings. The van der Waals surface area contributed by atoms with Gasteiger partial charge in [-0.15, -0.1) is 0 Å². The minimum Gasteiger partial charge on any atom is -0.469 e. The number of rotatable bonds is 3. The van der Waals surface area contributed by atoms with Crippen molar-refractivity contribution < 1.29 is 13.9 Å². The average molecular weight is 232 g/mol. The van der Waals surface area contributed by atoms with E-state index in [1.165, 1.54) is 25.3 Å². The zero-order valence-corrected chi connectivity index (χ0v) is 8.92. The summed E-state index contributed by atoms with van der Waals surface area (Å²) in [6, 6.07) is 3.20. The van der Waals surface area contributed by atoms with Crippen molar-refractivity contribution in [3.63, 3.8) is 0 Å². The Bertz CT molecular complexity index is 370. The van der Waals surface area contributed by atoms with E-state index in [1.807, 2.05) is 0 Å². The van der Waals surface area contributed by atoms with Crippen molar-refractivity contribution in [2.45, 2.75) is 12.5 Å². The SMILES string of the molecule is COC(=O)C[C@H](N)c1cc(F)ccc1Cl. The molecule has 0 aromatic heterocycles. The maximum absolute atomic E-state index is 12.9. The van der Waals surface area contributed by atoms with Gasteiger partial charge in [-0.05, 0) is 23.8 Å². The van der Waals surface area contributed by atoms with Gasteiger partial charge in [-0.2, -0.15) is 0 Å². The lowest BCUT2D eigenvalue weighted by molar-refractivity contribution is -0.141. The minimum absolute atomic E-state index is 0.0281. The Balaban J connectivity index is 2.85. The highest BCUT2D eigenvalue weighted by molar-refractivity contribution is 6.31. The molecule has 1 aromatic rings. The molecule has 0 heterocycles. The number of hydrogen-bond acceptors (Lipinski definition) is 3. The van der Waals surface area contributed by atoms with Gasteiger partial charge >= 0.3 is 5.97 Å². The molecule has 1 aromatic carbocycles. The Morgan fingerprint density at radius 1 is 1.67 bits per heavy atom. The fraction of sp³-hybridized carbons (Fsp3) is 0.300. The van der Waals surface area contributed by atoms with Gasteiger partial charge in [0.15, 0.2) is 0 Å². The van der Waals surface area contributed by atoms with Crippen molar-refractivity contribution in [2.75, 3.05) is 7.11 Å². The lowest BCUT2D eigenvalue weighted by Gasteiger charge is -2.12. The minimum atomic E-state index is -0.652. The van der Waals surface area contributed by atoms with Crippen LogP contribution in [0.15, 0.2) is 18.2 Å². The van der Waals surface area contributed by atoms with Crippen LogP contribution in [0.2, 0.25) is 5.02 Å². The van der Waals surface area contributed by atoms with Gasteiger partial charge in [0.05, 0.1) is 13.5 Å². The van der Waals surface area contributed by atoms with Gasteiger partial charge in [0.25, 0.3) is 0 Å². The summed E-state index contributed by atoms with van der Waals surface area (Å²) >= 11 is 5.82. The predicted molar refractivity (Wildman–Crippen MR) is 55.0 cm³/mol. The molecule has 15 heavy (non-hydrogen) atoms. The number of methoxy groups -OCH3 is 1. The average Bonchev–Trinajstić information content (AvgIpc) is 2.21. The van der Waals surface area contributed by atoms with Crippen molar-refractivity contribution in [3.05, 3.63) is 34.6 Å². The van der Waals surface area contributed by atoms with Gasteiger partial charge in [0.1, 0.15) is 5.82 Å². The van der Waals surface area contributed by atoms with Crippen LogP contribution in [0, 0.1) is 5.82 Å². The lowest BCUT2D eigenvalue weighted by Crippen LogP contribution is -2.16. The number of carbonyl (C=O) groups excluding carboxylic acids is 1. The summed E-state index contributed by atoms with van der Waals surface area (Å²) < 4.78 is 17.4. The maximum Gasteiger partial charge on any atom is 0.307 e. The predicted octanol–water partition coefficient (Wildman–Crippen LogP) is 2.04. The highest BCUT2D eigenvalue weighted by atomic mass is 35.5. The first-order chi connectivity index (χ1) is 7.04. The van der Waals surface area contributed by atoms with E-state index in [0.717, 1.165) is 0 Å². The molecule has 1 rings (SSSR count). The Hall–Kier alpha value is -1.13. The van der Waals surface area contributed by atoms with Gasteiger partial charge in [-0.25, -0.2) is 4.39 Å². The molecule has 2 N–H and O–H groups in total. The van der Waals surface area contributed by atoms with E-state index in [1.54, 1.807) is 0 Å². The molecule has 0 bridgehead atoms. The summed E-state index contributed by atoms with van der Waals surface area (Å²) in [7, 11) is 1.27. The van der Waals surface area contributed by atoms with Gasteiger partial charge in [0, 0.05) is 11.1 Å². The molecule has 3 nitrogen and oxygen atoms in total. The van der Waals surface area contributed by atoms with Crippen molar-refractivity contribution in [2.24, 2.45) is 5.73 Å². The third-order valence-electron chi connectivity index (χ3n) is 1.97. The van der Waals surface area contributed by atoms with E-state index >= 15 is 0 Å². The summed E-state index contributed by atoms with van der Waals surface area (Å²) in [6.07, 6.45) is -0.0281. The number of carbonyl (C=O) groups is 1. The Labute approximate surface area is 92.0 Å². The highest BCUT2D eigenvalue weighted by Gasteiger charge is 2.15. The molecule has 0 radical (unpaired) electrons. The molecule has 0 spiro atoms. The highest BCUT2D eigenvalue weighted by Crippen LogP contribution is 2.24. The van der Waals surface area contributed by atoms with Crippen molar-refractivity contribution in [1.29, 1.82) is 0 Å². The van der Waals surface area contributed by atoms with Crippen LogP contribution in [-0.4, -0.2) is 13.1 Å². The number of halogens is 2. The quantitative estimate of drug-likeness (QED) is 0.810. The van der Waals surface area contributed by atoms with Crippen LogP contribution in [-0.2, 0) is 9.53 Å². The van der Waals surface area contributed by atoms with E-state index < -0.39 is 17.8 Å². The molecule has 1 atom stereocenters. The molecule has 0 saturated carbocycles. The number of hydrogen-bond donors (Lipinski definition) is 1. The second-order valence-electron chi connectivity index (χ2n) is 3.05. The van der Waals surface area contributed by atoms with E-state index in [-0.39, 0.29) is 6.42 Å². The third kappa shape index (κ3) is 3.18. The van der Waals surface area contributed by atoms with Crippen molar-refractivity contribution in [3.8, 4) is 0 Å². The van der Waals surface area contributed by atoms with Gasteiger partial charge < -0.3 is 10.5 Å². The van der Waals surface area contributed by atoms with Crippen LogP contribution in [0.1, 0.15) is 18.0 Å². The molecule has 5 heteroatoms. The summed E-state index contributed by atoms with van der Waals surface area (Å²) in [5.41, 5.74) is 6.09. The largest absolute Gasteiger partial charge is 0.469 e. The maximum atomic E-state index is 12.9. The van der Waals surface area contributed by atoms with Crippen molar-refractivity contribution >= 4 is 17.6 Å².